The number of aromatic nitrogens is 1. The van der Waals surface area contributed by atoms with Crippen molar-refractivity contribution in [1.29, 1.82) is 0 Å². The molecule has 2 N–H and O–H groups in total. The third kappa shape index (κ3) is 6.12. The Labute approximate surface area is 197 Å². The van der Waals surface area contributed by atoms with Crippen LogP contribution in [-0.2, 0) is 11.2 Å². The number of carbonyl (C=O) groups excluding carboxylic acids is 2. The van der Waals surface area contributed by atoms with Gasteiger partial charge in [0.1, 0.15) is 0 Å². The van der Waals surface area contributed by atoms with Gasteiger partial charge in [0.2, 0.25) is 5.91 Å². The number of nitrogens with zero attached hydrogens (tertiary/aromatic N) is 2. The molecule has 2 aliphatic rings. The molecule has 4 rings (SSSR count). The first kappa shape index (κ1) is 23.3. The van der Waals surface area contributed by atoms with E-state index < -0.39 is 0 Å². The molecule has 1 saturated heterocycles. The van der Waals surface area contributed by atoms with E-state index in [-0.39, 0.29) is 17.9 Å². The fraction of sp³-hybridized carbons (Fsp3) is 0.519. The summed E-state index contributed by atoms with van der Waals surface area (Å²) >= 11 is 0. The van der Waals surface area contributed by atoms with Crippen molar-refractivity contribution in [1.82, 2.24) is 15.6 Å². The van der Waals surface area contributed by atoms with E-state index in [9.17, 15) is 9.59 Å². The SMILES string of the molecule is CC(C)CC(=O)NC1CCc2ccc(C(=O)NCCC3CCN(c4ccncc4)CC3)cc21. The van der Waals surface area contributed by atoms with Gasteiger partial charge in [-0.25, -0.2) is 0 Å². The zero-order valence-electron chi connectivity index (χ0n) is 19.8. The predicted molar refractivity (Wildman–Crippen MR) is 131 cm³/mol. The molecular weight excluding hydrogens is 412 g/mol. The number of hydrogen-bond acceptors (Lipinski definition) is 4. The van der Waals surface area contributed by atoms with Crippen LogP contribution in [0.2, 0.25) is 0 Å². The smallest absolute Gasteiger partial charge is 0.251 e. The molecule has 1 aliphatic carbocycles. The molecule has 6 nitrogen and oxygen atoms in total. The number of anilines is 1. The van der Waals surface area contributed by atoms with Gasteiger partial charge >= 0.3 is 0 Å². The number of pyridine rings is 1. The van der Waals surface area contributed by atoms with Crippen LogP contribution in [0.25, 0.3) is 0 Å². The second-order valence-electron chi connectivity index (χ2n) is 9.85. The molecule has 0 saturated carbocycles. The lowest BCUT2D eigenvalue weighted by Crippen LogP contribution is -2.35. The Bertz CT molecular complexity index is 952. The van der Waals surface area contributed by atoms with Crippen molar-refractivity contribution in [3.8, 4) is 0 Å². The first-order valence-corrected chi connectivity index (χ1v) is 12.3. The number of aryl methyl sites for hydroxylation is 1. The molecule has 2 aromatic rings. The van der Waals surface area contributed by atoms with Crippen LogP contribution in [0.15, 0.2) is 42.7 Å². The van der Waals surface area contributed by atoms with Crippen LogP contribution in [0.4, 0.5) is 5.69 Å². The first-order chi connectivity index (χ1) is 16.0. The minimum Gasteiger partial charge on any atom is -0.371 e. The second-order valence-corrected chi connectivity index (χ2v) is 9.85. The molecule has 0 spiro atoms. The molecule has 1 aromatic carbocycles. The van der Waals surface area contributed by atoms with Gasteiger partial charge in [0.25, 0.3) is 5.91 Å². The van der Waals surface area contributed by atoms with E-state index in [0.717, 1.165) is 50.8 Å². The van der Waals surface area contributed by atoms with Crippen molar-refractivity contribution in [2.75, 3.05) is 24.5 Å². The van der Waals surface area contributed by atoms with Crippen molar-refractivity contribution in [2.45, 2.75) is 58.4 Å². The van der Waals surface area contributed by atoms with Crippen LogP contribution in [-0.4, -0.2) is 36.4 Å². The Morgan fingerprint density at radius 3 is 2.58 bits per heavy atom. The quantitative estimate of drug-likeness (QED) is 0.633. The van der Waals surface area contributed by atoms with Gasteiger partial charge in [-0.05, 0) is 79.3 Å². The van der Waals surface area contributed by atoms with Crippen LogP contribution in [0.5, 0.6) is 0 Å². The van der Waals surface area contributed by atoms with Crippen LogP contribution in [0.1, 0.15) is 73.5 Å². The number of nitrogens with one attached hydrogen (secondary N) is 2. The number of amides is 2. The topological polar surface area (TPSA) is 74.3 Å². The minimum atomic E-state index is -0.0221. The number of carbonyl (C=O) groups is 2. The molecule has 6 heteroatoms. The van der Waals surface area contributed by atoms with E-state index in [1.54, 1.807) is 0 Å². The molecule has 2 heterocycles. The molecule has 1 aromatic heterocycles. The molecule has 2 amide bonds. The summed E-state index contributed by atoms with van der Waals surface area (Å²) < 4.78 is 0. The summed E-state index contributed by atoms with van der Waals surface area (Å²) in [4.78, 5) is 31.5. The molecule has 33 heavy (non-hydrogen) atoms. The molecule has 1 atom stereocenters. The van der Waals surface area contributed by atoms with Crippen LogP contribution in [0, 0.1) is 11.8 Å². The highest BCUT2D eigenvalue weighted by Gasteiger charge is 2.25. The summed E-state index contributed by atoms with van der Waals surface area (Å²) in [6, 6.07) is 10.1. The second kappa shape index (κ2) is 10.8. The summed E-state index contributed by atoms with van der Waals surface area (Å²) in [6.07, 6.45) is 9.38. The summed E-state index contributed by atoms with van der Waals surface area (Å²) in [5, 5.41) is 6.27. The molecule has 0 radical (unpaired) electrons. The van der Waals surface area contributed by atoms with Crippen LogP contribution < -0.4 is 15.5 Å². The molecule has 1 fully saturated rings. The largest absolute Gasteiger partial charge is 0.371 e. The van der Waals surface area contributed by atoms with Gasteiger partial charge in [0, 0.05) is 49.7 Å². The van der Waals surface area contributed by atoms with Gasteiger partial charge in [-0.1, -0.05) is 19.9 Å². The van der Waals surface area contributed by atoms with Crippen molar-refractivity contribution in [2.24, 2.45) is 11.8 Å². The Morgan fingerprint density at radius 1 is 1.09 bits per heavy atom. The Balaban J connectivity index is 1.24. The maximum Gasteiger partial charge on any atom is 0.251 e. The van der Waals surface area contributed by atoms with Crippen LogP contribution in [0.3, 0.4) is 0 Å². The molecule has 1 aliphatic heterocycles. The zero-order chi connectivity index (χ0) is 23.2. The lowest BCUT2D eigenvalue weighted by atomic mass is 9.93. The summed E-state index contributed by atoms with van der Waals surface area (Å²) in [7, 11) is 0. The monoisotopic (exact) mass is 448 g/mol. The van der Waals surface area contributed by atoms with Gasteiger partial charge in [0.05, 0.1) is 6.04 Å². The fourth-order valence-corrected chi connectivity index (χ4v) is 5.04. The Kier molecular flexibility index (Phi) is 7.63. The predicted octanol–water partition coefficient (Wildman–Crippen LogP) is 4.27. The highest BCUT2D eigenvalue weighted by molar-refractivity contribution is 5.94. The number of benzene rings is 1. The number of hydrogen-bond donors (Lipinski definition) is 2. The Hall–Kier alpha value is -2.89. The summed E-state index contributed by atoms with van der Waals surface area (Å²) in [5.74, 6) is 1.05. The van der Waals surface area contributed by atoms with Gasteiger partial charge in [-0.15, -0.1) is 0 Å². The normalized spacial score (nSPS) is 18.3. The standard InChI is InChI=1S/C27H36N4O2/c1-19(2)17-26(32)30-25-6-5-21-3-4-22(18-24(21)25)27(33)29-14-7-20-10-15-31(16-11-20)23-8-12-28-13-9-23/h3-4,8-9,12-13,18-20,25H,5-7,10-11,14-17H2,1-2H3,(H,29,33)(H,30,32). The van der Waals surface area contributed by atoms with Crippen molar-refractivity contribution in [3.05, 3.63) is 59.4 Å². The van der Waals surface area contributed by atoms with Crippen molar-refractivity contribution >= 4 is 17.5 Å². The lowest BCUT2D eigenvalue weighted by molar-refractivity contribution is -0.122. The lowest BCUT2D eigenvalue weighted by Gasteiger charge is -2.33. The van der Waals surface area contributed by atoms with E-state index >= 15 is 0 Å². The zero-order valence-corrected chi connectivity index (χ0v) is 19.8. The molecule has 1 unspecified atom stereocenters. The van der Waals surface area contributed by atoms with E-state index in [4.69, 9.17) is 0 Å². The third-order valence-electron chi connectivity index (χ3n) is 6.90. The highest BCUT2D eigenvalue weighted by Crippen LogP contribution is 2.32. The van der Waals surface area contributed by atoms with Gasteiger partial charge in [-0.2, -0.15) is 0 Å². The average Bonchev–Trinajstić information content (AvgIpc) is 3.21. The Morgan fingerprint density at radius 2 is 1.85 bits per heavy atom. The van der Waals surface area contributed by atoms with Gasteiger partial charge in [0.15, 0.2) is 0 Å². The van der Waals surface area contributed by atoms with E-state index in [0.29, 0.717) is 30.4 Å². The van der Waals surface area contributed by atoms with Crippen molar-refractivity contribution < 1.29 is 9.59 Å². The summed E-state index contributed by atoms with van der Waals surface area (Å²) in [5.41, 5.74) is 4.27. The first-order valence-electron chi connectivity index (χ1n) is 12.3. The maximum atomic E-state index is 12.8. The van der Waals surface area contributed by atoms with Crippen molar-refractivity contribution in [3.63, 3.8) is 0 Å². The average molecular weight is 449 g/mol. The number of piperidine rings is 1. The highest BCUT2D eigenvalue weighted by atomic mass is 16.2. The maximum absolute atomic E-state index is 12.8. The third-order valence-corrected chi connectivity index (χ3v) is 6.90. The minimum absolute atomic E-state index is 0.0181. The fourth-order valence-electron chi connectivity index (χ4n) is 5.04. The molecule has 0 bridgehead atoms. The number of rotatable bonds is 8. The van der Waals surface area contributed by atoms with E-state index in [1.165, 1.54) is 11.3 Å². The van der Waals surface area contributed by atoms with Gasteiger partial charge < -0.3 is 15.5 Å². The van der Waals surface area contributed by atoms with Gasteiger partial charge in [-0.3, -0.25) is 14.6 Å². The van der Waals surface area contributed by atoms with Crippen LogP contribution >= 0.6 is 0 Å². The van der Waals surface area contributed by atoms with E-state index in [1.807, 2.05) is 30.6 Å². The molecule has 176 valence electrons. The van der Waals surface area contributed by atoms with E-state index in [2.05, 4.69) is 46.5 Å². The summed E-state index contributed by atoms with van der Waals surface area (Å²) in [6.45, 7) is 6.91. The molecular formula is C27H36N4O2. The number of fused-ring (bicyclic) bond motifs is 1.